The Morgan fingerprint density at radius 3 is 3.06 bits per heavy atom. The summed E-state index contributed by atoms with van der Waals surface area (Å²) in [6.45, 7) is 6.86. The summed E-state index contributed by atoms with van der Waals surface area (Å²) < 4.78 is 0. The molecule has 0 spiro atoms. The highest BCUT2D eigenvalue weighted by Gasteiger charge is 2.23. The van der Waals surface area contributed by atoms with E-state index in [4.69, 9.17) is 0 Å². The first kappa shape index (κ1) is 11.6. The molecule has 1 aromatic rings. The van der Waals surface area contributed by atoms with E-state index >= 15 is 0 Å². The van der Waals surface area contributed by atoms with Gasteiger partial charge in [0.1, 0.15) is 0 Å². The van der Waals surface area contributed by atoms with Gasteiger partial charge in [-0.3, -0.25) is 9.88 Å². The summed E-state index contributed by atoms with van der Waals surface area (Å²) in [5.41, 5.74) is 2.60. The third kappa shape index (κ3) is 2.62. The van der Waals surface area contributed by atoms with Crippen LogP contribution in [0.15, 0.2) is 18.3 Å². The highest BCUT2D eigenvalue weighted by atomic mass is 15.2. The molecule has 1 aliphatic rings. The molecule has 2 nitrogen and oxygen atoms in total. The zero-order valence-corrected chi connectivity index (χ0v) is 10.4. The lowest BCUT2D eigenvalue weighted by atomic mass is 9.98. The number of likely N-dealkylation sites (tertiary alicyclic amines) is 1. The van der Waals surface area contributed by atoms with Gasteiger partial charge in [-0.15, -0.1) is 0 Å². The van der Waals surface area contributed by atoms with Gasteiger partial charge < -0.3 is 0 Å². The molecule has 0 bridgehead atoms. The highest BCUT2D eigenvalue weighted by molar-refractivity contribution is 5.17. The maximum absolute atomic E-state index is 4.55. The van der Waals surface area contributed by atoms with Crippen LogP contribution in [0.3, 0.4) is 0 Å². The van der Waals surface area contributed by atoms with Gasteiger partial charge >= 0.3 is 0 Å². The largest absolute Gasteiger partial charge is 0.295 e. The van der Waals surface area contributed by atoms with E-state index in [1.165, 1.54) is 50.0 Å². The fourth-order valence-electron chi connectivity index (χ4n) is 2.62. The zero-order valence-electron chi connectivity index (χ0n) is 10.4. The van der Waals surface area contributed by atoms with Crippen molar-refractivity contribution in [2.75, 3.05) is 13.1 Å². The van der Waals surface area contributed by atoms with Crippen LogP contribution < -0.4 is 0 Å². The molecule has 88 valence electrons. The van der Waals surface area contributed by atoms with Crippen LogP contribution in [0.5, 0.6) is 0 Å². The average molecular weight is 218 g/mol. The molecule has 0 aromatic carbocycles. The van der Waals surface area contributed by atoms with E-state index in [2.05, 4.69) is 35.9 Å². The van der Waals surface area contributed by atoms with E-state index in [1.54, 1.807) is 0 Å². The number of pyridine rings is 1. The third-order valence-electron chi connectivity index (χ3n) is 3.40. The van der Waals surface area contributed by atoms with Gasteiger partial charge in [-0.05, 0) is 57.0 Å². The van der Waals surface area contributed by atoms with Crippen molar-refractivity contribution in [3.05, 3.63) is 29.6 Å². The Kier molecular flexibility index (Phi) is 3.94. The van der Waals surface area contributed by atoms with Crippen molar-refractivity contribution in [1.29, 1.82) is 0 Å². The van der Waals surface area contributed by atoms with Gasteiger partial charge in [0.05, 0.1) is 11.7 Å². The first-order chi connectivity index (χ1) is 7.81. The van der Waals surface area contributed by atoms with Crippen LogP contribution in [-0.2, 0) is 0 Å². The van der Waals surface area contributed by atoms with Crippen LogP contribution in [0.1, 0.15) is 49.9 Å². The van der Waals surface area contributed by atoms with Crippen LogP contribution in [0.25, 0.3) is 0 Å². The number of rotatable bonds is 3. The van der Waals surface area contributed by atoms with Gasteiger partial charge in [-0.1, -0.05) is 13.3 Å². The summed E-state index contributed by atoms with van der Waals surface area (Å²) in [7, 11) is 0. The van der Waals surface area contributed by atoms with Crippen molar-refractivity contribution in [1.82, 2.24) is 9.88 Å². The van der Waals surface area contributed by atoms with E-state index < -0.39 is 0 Å². The quantitative estimate of drug-likeness (QED) is 0.773. The molecule has 0 radical (unpaired) electrons. The lowest BCUT2D eigenvalue weighted by Gasteiger charge is -2.35. The van der Waals surface area contributed by atoms with Gasteiger partial charge in [-0.25, -0.2) is 0 Å². The molecular weight excluding hydrogens is 196 g/mol. The molecule has 0 amide bonds. The summed E-state index contributed by atoms with van der Waals surface area (Å²) in [6.07, 6.45) is 7.16. The van der Waals surface area contributed by atoms with Gasteiger partial charge in [0.2, 0.25) is 0 Å². The van der Waals surface area contributed by atoms with Gasteiger partial charge in [-0.2, -0.15) is 0 Å². The summed E-state index contributed by atoms with van der Waals surface area (Å²) in [6, 6.07) is 4.89. The first-order valence-corrected chi connectivity index (χ1v) is 6.48. The predicted octanol–water partition coefficient (Wildman–Crippen LogP) is 3.33. The van der Waals surface area contributed by atoms with Crippen molar-refractivity contribution in [3.63, 3.8) is 0 Å². The molecule has 1 fully saturated rings. The smallest absolute Gasteiger partial charge is 0.0578 e. The van der Waals surface area contributed by atoms with Crippen molar-refractivity contribution < 1.29 is 0 Å². The second-order valence-electron chi connectivity index (χ2n) is 4.81. The average Bonchev–Trinajstić information content (AvgIpc) is 2.30. The summed E-state index contributed by atoms with van der Waals surface area (Å²) >= 11 is 0. The molecule has 2 heterocycles. The standard InChI is InChI=1S/C14H22N2/c1-3-9-16-10-5-4-6-14(16)13-11-12(2)7-8-15-13/h7-8,11,14H,3-6,9-10H2,1-2H3/t14-/m1/s1. The van der Waals surface area contributed by atoms with Crippen molar-refractivity contribution in [2.45, 2.75) is 45.6 Å². The topological polar surface area (TPSA) is 16.1 Å². The van der Waals surface area contributed by atoms with Crippen LogP contribution in [-0.4, -0.2) is 23.0 Å². The maximum atomic E-state index is 4.55. The van der Waals surface area contributed by atoms with E-state index in [-0.39, 0.29) is 0 Å². The molecule has 2 rings (SSSR count). The van der Waals surface area contributed by atoms with Gasteiger partial charge in [0, 0.05) is 6.20 Å². The molecule has 1 saturated heterocycles. The number of aryl methyl sites for hydroxylation is 1. The van der Waals surface area contributed by atoms with Gasteiger partial charge in [0.15, 0.2) is 0 Å². The fraction of sp³-hybridized carbons (Fsp3) is 0.643. The van der Waals surface area contributed by atoms with Crippen LogP contribution in [0.2, 0.25) is 0 Å². The van der Waals surface area contributed by atoms with E-state index in [0.717, 1.165) is 0 Å². The summed E-state index contributed by atoms with van der Waals surface area (Å²) in [4.78, 5) is 7.16. The number of hydrogen-bond acceptors (Lipinski definition) is 2. The van der Waals surface area contributed by atoms with Gasteiger partial charge in [0.25, 0.3) is 0 Å². The summed E-state index contributed by atoms with van der Waals surface area (Å²) in [5.74, 6) is 0. The molecule has 0 unspecified atom stereocenters. The molecule has 1 atom stereocenters. The predicted molar refractivity (Wildman–Crippen MR) is 67.4 cm³/mol. The van der Waals surface area contributed by atoms with Crippen LogP contribution in [0.4, 0.5) is 0 Å². The minimum Gasteiger partial charge on any atom is -0.295 e. The molecule has 0 N–H and O–H groups in total. The van der Waals surface area contributed by atoms with Crippen LogP contribution >= 0.6 is 0 Å². The monoisotopic (exact) mass is 218 g/mol. The van der Waals surface area contributed by atoms with Crippen LogP contribution in [0, 0.1) is 6.92 Å². The summed E-state index contributed by atoms with van der Waals surface area (Å²) in [5, 5.41) is 0. The van der Waals surface area contributed by atoms with E-state index in [0.29, 0.717) is 6.04 Å². The molecule has 16 heavy (non-hydrogen) atoms. The molecule has 2 heteroatoms. The minimum atomic E-state index is 0.564. The molecule has 0 aliphatic carbocycles. The van der Waals surface area contributed by atoms with Crippen molar-refractivity contribution in [3.8, 4) is 0 Å². The Morgan fingerprint density at radius 1 is 1.44 bits per heavy atom. The Hall–Kier alpha value is -0.890. The highest BCUT2D eigenvalue weighted by Crippen LogP contribution is 2.29. The number of nitrogens with zero attached hydrogens (tertiary/aromatic N) is 2. The number of aromatic nitrogens is 1. The molecule has 1 aromatic heterocycles. The second-order valence-corrected chi connectivity index (χ2v) is 4.81. The van der Waals surface area contributed by atoms with Crippen molar-refractivity contribution in [2.24, 2.45) is 0 Å². The Morgan fingerprint density at radius 2 is 2.31 bits per heavy atom. The van der Waals surface area contributed by atoms with Crippen molar-refractivity contribution >= 4 is 0 Å². The zero-order chi connectivity index (χ0) is 11.4. The first-order valence-electron chi connectivity index (χ1n) is 6.48. The van der Waals surface area contributed by atoms with E-state index in [1.807, 2.05) is 6.20 Å². The minimum absolute atomic E-state index is 0.564. The Bertz CT molecular complexity index is 333. The molecular formula is C14H22N2. The normalized spacial score (nSPS) is 22.2. The van der Waals surface area contributed by atoms with E-state index in [9.17, 15) is 0 Å². The maximum Gasteiger partial charge on any atom is 0.0578 e. The third-order valence-corrected chi connectivity index (χ3v) is 3.40. The SMILES string of the molecule is CCCN1CCCC[C@@H]1c1cc(C)ccn1. The molecule has 1 aliphatic heterocycles. The second kappa shape index (κ2) is 5.44. The molecule has 0 saturated carbocycles. The number of piperidine rings is 1. The number of hydrogen-bond donors (Lipinski definition) is 0. The Labute approximate surface area is 98.7 Å². The fourth-order valence-corrected chi connectivity index (χ4v) is 2.62. The Balaban J connectivity index is 2.16. The lowest BCUT2D eigenvalue weighted by molar-refractivity contribution is 0.146. The lowest BCUT2D eigenvalue weighted by Crippen LogP contribution is -2.34.